The summed E-state index contributed by atoms with van der Waals surface area (Å²) >= 11 is 16.6. The molecule has 0 bridgehead atoms. The second-order valence-electron chi connectivity index (χ2n) is 2.63. The fourth-order valence-electron chi connectivity index (χ4n) is 0.915. The molecule has 0 saturated heterocycles. The number of hydrogen-bond donors (Lipinski definition) is 0. The van der Waals surface area contributed by atoms with Gasteiger partial charge in [0.25, 0.3) is 5.85 Å². The van der Waals surface area contributed by atoms with E-state index in [-0.39, 0.29) is 0 Å². The van der Waals surface area contributed by atoms with E-state index < -0.39 is 11.0 Å². The molecule has 1 nitrogen and oxygen atoms in total. The van der Waals surface area contributed by atoms with Gasteiger partial charge in [-0.1, -0.05) is 30.3 Å². The topological polar surface area (TPSA) is 17.1 Å². The lowest BCUT2D eigenvalue weighted by Gasteiger charge is -2.09. The van der Waals surface area contributed by atoms with Crippen molar-refractivity contribution in [3.8, 4) is 0 Å². The van der Waals surface area contributed by atoms with Crippen molar-refractivity contribution in [1.82, 2.24) is 0 Å². The summed E-state index contributed by atoms with van der Waals surface area (Å²) in [6.45, 7) is 0. The molecular weight excluding hydrogens is 249 g/mol. The lowest BCUT2D eigenvalue weighted by atomic mass is 10.2. The summed E-state index contributed by atoms with van der Waals surface area (Å²) in [6.07, 6.45) is 0.423. The molecule has 13 heavy (non-hydrogen) atoms. The predicted octanol–water partition coefficient (Wildman–Crippen LogP) is 4.46. The highest BCUT2D eigenvalue weighted by atomic mass is 35.9. The smallest absolute Gasteiger partial charge is 0.270 e. The summed E-state index contributed by atoms with van der Waals surface area (Å²) in [7, 11) is 0. The van der Waals surface area contributed by atoms with Crippen molar-refractivity contribution in [3.05, 3.63) is 35.9 Å². The Hall–Kier alpha value is 0.320. The van der Waals surface area contributed by atoms with Gasteiger partial charge in [-0.05, 0) is 34.5 Å². The molecule has 1 aromatic carbocycles. The average molecular weight is 257 g/mol. The van der Waals surface area contributed by atoms with Gasteiger partial charge in [0, 0.05) is 0 Å². The van der Waals surface area contributed by atoms with E-state index in [0.717, 1.165) is 5.56 Å². The third-order valence-corrected chi connectivity index (χ3v) is 5.40. The van der Waals surface area contributed by atoms with Gasteiger partial charge in [0.2, 0.25) is 0 Å². The van der Waals surface area contributed by atoms with Crippen LogP contribution in [-0.4, -0.2) is 5.12 Å². The molecule has 0 heterocycles. The van der Waals surface area contributed by atoms with Gasteiger partial charge in [-0.2, -0.15) is 0 Å². The van der Waals surface area contributed by atoms with Crippen LogP contribution in [0.2, 0.25) is 0 Å². The third kappa shape index (κ3) is 3.91. The van der Waals surface area contributed by atoms with Gasteiger partial charge in [-0.15, -0.1) is 11.6 Å². The zero-order valence-corrected chi connectivity index (χ0v) is 9.82. The van der Waals surface area contributed by atoms with Crippen molar-refractivity contribution in [3.63, 3.8) is 0 Å². The van der Waals surface area contributed by atoms with Crippen LogP contribution in [0.4, 0.5) is 0 Å². The molecule has 0 N–H and O–H groups in total. The van der Waals surface area contributed by atoms with E-state index >= 15 is 0 Å². The van der Waals surface area contributed by atoms with Crippen LogP contribution in [0, 0.1) is 0 Å². The van der Waals surface area contributed by atoms with Gasteiger partial charge in [0.05, 0.1) is 0 Å². The highest BCUT2D eigenvalue weighted by molar-refractivity contribution is 8.09. The maximum atomic E-state index is 11.1. The Morgan fingerprint density at radius 2 is 1.77 bits per heavy atom. The first-order valence-corrected chi connectivity index (χ1v) is 7.69. The predicted molar refractivity (Wildman–Crippen MR) is 59.1 cm³/mol. The monoisotopic (exact) mass is 256 g/mol. The number of halogens is 3. The maximum Gasteiger partial charge on any atom is 0.270 e. The van der Waals surface area contributed by atoms with E-state index in [1.54, 1.807) is 0 Å². The van der Waals surface area contributed by atoms with Gasteiger partial charge >= 0.3 is 0 Å². The molecule has 5 heteroatoms. The van der Waals surface area contributed by atoms with Crippen LogP contribution in [0.5, 0.6) is 0 Å². The van der Waals surface area contributed by atoms with Crippen molar-refractivity contribution in [2.75, 3.05) is 0 Å². The summed E-state index contributed by atoms with van der Waals surface area (Å²) in [5.74, 6) is -3.21. The van der Waals surface area contributed by atoms with Gasteiger partial charge in [-0.3, -0.25) is 4.57 Å². The molecule has 1 rings (SSSR count). The quantitative estimate of drug-likeness (QED) is 0.577. The van der Waals surface area contributed by atoms with E-state index in [9.17, 15) is 4.57 Å². The summed E-state index contributed by atoms with van der Waals surface area (Å²) in [5, 5.41) is -0.710. The van der Waals surface area contributed by atoms with Gasteiger partial charge in [0.15, 0.2) is 0 Å². The Balaban J connectivity index is 2.66. The minimum Gasteiger partial charge on any atom is -0.288 e. The van der Waals surface area contributed by atoms with E-state index in [1.165, 1.54) is 0 Å². The van der Waals surface area contributed by atoms with Crippen molar-refractivity contribution in [2.24, 2.45) is 0 Å². The molecule has 0 amide bonds. The fourth-order valence-corrected chi connectivity index (χ4v) is 1.93. The Kier molecular flexibility index (Phi) is 4.12. The molecular formula is C8H8Cl3OP. The highest BCUT2D eigenvalue weighted by Crippen LogP contribution is 2.63. The average Bonchev–Trinajstić information content (AvgIpc) is 2.04. The van der Waals surface area contributed by atoms with Gasteiger partial charge < -0.3 is 0 Å². The molecule has 72 valence electrons. The molecule has 0 fully saturated rings. The van der Waals surface area contributed by atoms with Crippen molar-refractivity contribution >= 4 is 39.9 Å². The Labute approximate surface area is 91.9 Å². The van der Waals surface area contributed by atoms with Crippen LogP contribution in [0.15, 0.2) is 30.3 Å². The molecule has 0 radical (unpaired) electrons. The SMILES string of the molecule is O=P(Cl)(Cl)C(Cl)Cc1ccccc1. The lowest BCUT2D eigenvalue weighted by molar-refractivity contribution is 0.590. The molecule has 1 aromatic rings. The Bertz CT molecular complexity index is 308. The molecule has 0 aliphatic heterocycles. The first kappa shape index (κ1) is 11.4. The number of alkyl halides is 1. The summed E-state index contributed by atoms with van der Waals surface area (Å²) in [6, 6.07) is 9.43. The summed E-state index contributed by atoms with van der Waals surface area (Å²) < 4.78 is 11.1. The molecule has 0 saturated carbocycles. The largest absolute Gasteiger partial charge is 0.288 e. The van der Waals surface area contributed by atoms with Crippen LogP contribution in [0.3, 0.4) is 0 Å². The van der Waals surface area contributed by atoms with Crippen LogP contribution < -0.4 is 0 Å². The number of hydrogen-bond acceptors (Lipinski definition) is 1. The van der Waals surface area contributed by atoms with Crippen molar-refractivity contribution in [2.45, 2.75) is 11.5 Å². The minimum absolute atomic E-state index is 0.423. The van der Waals surface area contributed by atoms with Gasteiger partial charge in [0.1, 0.15) is 5.12 Å². The molecule has 1 unspecified atom stereocenters. The van der Waals surface area contributed by atoms with E-state index in [2.05, 4.69) is 0 Å². The Morgan fingerprint density at radius 3 is 2.23 bits per heavy atom. The zero-order valence-electron chi connectivity index (χ0n) is 6.66. The van der Waals surface area contributed by atoms with Crippen LogP contribution >= 0.6 is 39.9 Å². The van der Waals surface area contributed by atoms with Crippen LogP contribution in [0.25, 0.3) is 0 Å². The van der Waals surface area contributed by atoms with Crippen LogP contribution in [0.1, 0.15) is 5.56 Å². The molecule has 0 aliphatic rings. The first-order valence-electron chi connectivity index (χ1n) is 3.67. The minimum atomic E-state index is -3.21. The number of rotatable bonds is 3. The molecule has 0 aliphatic carbocycles. The second-order valence-corrected chi connectivity index (χ2v) is 8.62. The van der Waals surface area contributed by atoms with Crippen molar-refractivity contribution in [1.29, 1.82) is 0 Å². The van der Waals surface area contributed by atoms with E-state index in [1.807, 2.05) is 30.3 Å². The normalized spacial score (nSPS) is 14.1. The van der Waals surface area contributed by atoms with Crippen molar-refractivity contribution < 1.29 is 4.57 Å². The second kappa shape index (κ2) is 4.70. The zero-order chi connectivity index (χ0) is 9.90. The molecule has 0 aromatic heterocycles. The summed E-state index contributed by atoms with van der Waals surface area (Å²) in [4.78, 5) is 0. The van der Waals surface area contributed by atoms with E-state index in [4.69, 9.17) is 34.1 Å². The first-order chi connectivity index (χ1) is 6.00. The highest BCUT2D eigenvalue weighted by Gasteiger charge is 2.26. The Morgan fingerprint density at radius 1 is 1.23 bits per heavy atom. The summed E-state index contributed by atoms with van der Waals surface area (Å²) in [5.41, 5.74) is 0.976. The lowest BCUT2D eigenvalue weighted by Crippen LogP contribution is -1.98. The standard InChI is InChI=1S/C8H8Cl3OP/c9-8(13(10,11)12)6-7-4-2-1-3-5-7/h1-5,8H,6H2. The molecule has 0 spiro atoms. The van der Waals surface area contributed by atoms with Gasteiger partial charge in [-0.25, -0.2) is 0 Å². The third-order valence-electron chi connectivity index (χ3n) is 1.57. The fraction of sp³-hybridized carbons (Fsp3) is 0.250. The number of benzene rings is 1. The maximum absolute atomic E-state index is 11.1. The van der Waals surface area contributed by atoms with Crippen LogP contribution in [-0.2, 0) is 11.0 Å². The van der Waals surface area contributed by atoms with E-state index in [0.29, 0.717) is 6.42 Å². The molecule has 1 atom stereocenters.